The Bertz CT molecular complexity index is 213. The number of nitrogens with two attached hydrogens (primary N) is 1. The van der Waals surface area contributed by atoms with Crippen molar-refractivity contribution in [1.82, 2.24) is 9.80 Å². The van der Waals surface area contributed by atoms with Crippen LogP contribution in [0.5, 0.6) is 0 Å². The summed E-state index contributed by atoms with van der Waals surface area (Å²) >= 11 is 0. The van der Waals surface area contributed by atoms with Gasteiger partial charge >= 0.3 is 0 Å². The summed E-state index contributed by atoms with van der Waals surface area (Å²) in [6.07, 6.45) is 2.41. The van der Waals surface area contributed by atoms with Crippen LogP contribution in [-0.4, -0.2) is 68.8 Å². The van der Waals surface area contributed by atoms with Crippen LogP contribution in [0.25, 0.3) is 0 Å². The van der Waals surface area contributed by atoms with E-state index in [0.717, 1.165) is 26.1 Å². The lowest BCUT2D eigenvalue weighted by Gasteiger charge is -2.28. The van der Waals surface area contributed by atoms with Crippen LogP contribution in [0.4, 0.5) is 0 Å². The number of methoxy groups -OCH3 is 1. The van der Waals surface area contributed by atoms with E-state index < -0.39 is 0 Å². The van der Waals surface area contributed by atoms with Crippen LogP contribution in [0, 0.1) is 5.92 Å². The molecule has 0 bridgehead atoms. The van der Waals surface area contributed by atoms with Crippen molar-refractivity contribution in [3.8, 4) is 0 Å². The van der Waals surface area contributed by atoms with E-state index in [1.54, 1.807) is 7.11 Å². The standard InChI is InChI=1S/C14H31N3O/c1-13(11-15)12-16-6-4-7-17(9-8-16)14(2)5-10-18-3/h13-14H,4-12,15H2,1-3H3. The highest BCUT2D eigenvalue weighted by Crippen LogP contribution is 2.10. The molecule has 1 heterocycles. The van der Waals surface area contributed by atoms with Crippen molar-refractivity contribution in [2.24, 2.45) is 11.7 Å². The number of ether oxygens (including phenoxy) is 1. The third kappa shape index (κ3) is 5.65. The summed E-state index contributed by atoms with van der Waals surface area (Å²) in [5, 5.41) is 0. The van der Waals surface area contributed by atoms with Gasteiger partial charge in [0, 0.05) is 39.4 Å². The van der Waals surface area contributed by atoms with E-state index in [2.05, 4.69) is 23.6 Å². The van der Waals surface area contributed by atoms with E-state index in [0.29, 0.717) is 12.0 Å². The third-order valence-electron chi connectivity index (χ3n) is 3.96. The minimum absolute atomic E-state index is 0.613. The van der Waals surface area contributed by atoms with Crippen LogP contribution in [0.15, 0.2) is 0 Å². The highest BCUT2D eigenvalue weighted by Gasteiger charge is 2.19. The van der Waals surface area contributed by atoms with Crippen LogP contribution in [-0.2, 0) is 4.74 Å². The number of rotatable bonds is 7. The van der Waals surface area contributed by atoms with Crippen LogP contribution >= 0.6 is 0 Å². The van der Waals surface area contributed by atoms with Crippen molar-refractivity contribution in [3.05, 3.63) is 0 Å². The van der Waals surface area contributed by atoms with Gasteiger partial charge in [-0.05, 0) is 45.3 Å². The maximum absolute atomic E-state index is 5.71. The van der Waals surface area contributed by atoms with Crippen LogP contribution in [0.3, 0.4) is 0 Å². The normalized spacial score (nSPS) is 22.7. The van der Waals surface area contributed by atoms with Gasteiger partial charge in [-0.2, -0.15) is 0 Å². The minimum Gasteiger partial charge on any atom is -0.385 e. The Hall–Kier alpha value is -0.160. The molecule has 18 heavy (non-hydrogen) atoms. The Morgan fingerprint density at radius 2 is 1.94 bits per heavy atom. The second-order valence-electron chi connectivity index (χ2n) is 5.66. The topological polar surface area (TPSA) is 41.7 Å². The molecule has 1 aliphatic heterocycles. The van der Waals surface area contributed by atoms with Crippen molar-refractivity contribution in [1.29, 1.82) is 0 Å². The summed E-state index contributed by atoms with van der Waals surface area (Å²) in [5.74, 6) is 0.613. The maximum Gasteiger partial charge on any atom is 0.0477 e. The van der Waals surface area contributed by atoms with Gasteiger partial charge in [-0.1, -0.05) is 6.92 Å². The predicted molar refractivity (Wildman–Crippen MR) is 76.8 cm³/mol. The molecule has 1 saturated heterocycles. The average Bonchev–Trinajstić information content (AvgIpc) is 2.61. The fourth-order valence-corrected chi connectivity index (χ4v) is 2.60. The van der Waals surface area contributed by atoms with Gasteiger partial charge in [0.05, 0.1) is 0 Å². The highest BCUT2D eigenvalue weighted by molar-refractivity contribution is 4.75. The summed E-state index contributed by atoms with van der Waals surface area (Å²) < 4.78 is 5.17. The molecule has 0 aromatic carbocycles. The molecular formula is C14H31N3O. The van der Waals surface area contributed by atoms with Crippen molar-refractivity contribution in [3.63, 3.8) is 0 Å². The quantitative estimate of drug-likeness (QED) is 0.739. The zero-order chi connectivity index (χ0) is 13.4. The van der Waals surface area contributed by atoms with E-state index >= 15 is 0 Å². The SMILES string of the molecule is COCCC(C)N1CCCN(CC(C)CN)CC1. The Morgan fingerprint density at radius 3 is 2.61 bits per heavy atom. The highest BCUT2D eigenvalue weighted by atomic mass is 16.5. The van der Waals surface area contributed by atoms with E-state index in [9.17, 15) is 0 Å². The molecule has 0 aromatic rings. The number of nitrogens with zero attached hydrogens (tertiary/aromatic N) is 2. The zero-order valence-corrected chi connectivity index (χ0v) is 12.4. The van der Waals surface area contributed by atoms with Gasteiger partial charge in [0.15, 0.2) is 0 Å². The molecule has 4 nitrogen and oxygen atoms in total. The lowest BCUT2D eigenvalue weighted by atomic mass is 10.1. The van der Waals surface area contributed by atoms with Crippen molar-refractivity contribution < 1.29 is 4.74 Å². The lowest BCUT2D eigenvalue weighted by molar-refractivity contribution is 0.139. The second-order valence-corrected chi connectivity index (χ2v) is 5.66. The Morgan fingerprint density at radius 1 is 1.17 bits per heavy atom. The first-order valence-corrected chi connectivity index (χ1v) is 7.32. The first kappa shape index (κ1) is 15.9. The Kier molecular flexibility index (Phi) is 7.82. The summed E-state index contributed by atoms with van der Waals surface area (Å²) in [6.45, 7) is 12.2. The van der Waals surface area contributed by atoms with Crippen molar-refractivity contribution in [2.45, 2.75) is 32.7 Å². The van der Waals surface area contributed by atoms with E-state index in [4.69, 9.17) is 10.5 Å². The van der Waals surface area contributed by atoms with E-state index in [1.807, 2.05) is 0 Å². The molecule has 0 radical (unpaired) electrons. The van der Waals surface area contributed by atoms with Gasteiger partial charge in [-0.3, -0.25) is 4.90 Å². The molecular weight excluding hydrogens is 226 g/mol. The average molecular weight is 257 g/mol. The molecule has 0 spiro atoms. The van der Waals surface area contributed by atoms with Crippen molar-refractivity contribution in [2.75, 3.05) is 53.0 Å². The Labute approximate surface area is 112 Å². The molecule has 2 unspecified atom stereocenters. The van der Waals surface area contributed by atoms with Crippen LogP contribution in [0.2, 0.25) is 0 Å². The molecule has 1 fully saturated rings. The van der Waals surface area contributed by atoms with Gasteiger partial charge in [-0.25, -0.2) is 0 Å². The van der Waals surface area contributed by atoms with E-state index in [1.165, 1.54) is 32.6 Å². The first-order chi connectivity index (χ1) is 8.67. The van der Waals surface area contributed by atoms with Gasteiger partial charge in [-0.15, -0.1) is 0 Å². The molecule has 108 valence electrons. The molecule has 2 N–H and O–H groups in total. The summed E-state index contributed by atoms with van der Waals surface area (Å²) in [5.41, 5.74) is 5.71. The maximum atomic E-state index is 5.71. The smallest absolute Gasteiger partial charge is 0.0477 e. The Balaban J connectivity index is 2.31. The summed E-state index contributed by atoms with van der Waals surface area (Å²) in [7, 11) is 1.78. The van der Waals surface area contributed by atoms with Crippen molar-refractivity contribution >= 4 is 0 Å². The van der Waals surface area contributed by atoms with Crippen LogP contribution in [0.1, 0.15) is 26.7 Å². The molecule has 0 aliphatic carbocycles. The van der Waals surface area contributed by atoms with Gasteiger partial charge in [0.2, 0.25) is 0 Å². The lowest BCUT2D eigenvalue weighted by Crippen LogP contribution is -2.38. The fraction of sp³-hybridized carbons (Fsp3) is 1.00. The molecule has 0 saturated carbocycles. The first-order valence-electron chi connectivity index (χ1n) is 7.32. The number of hydrogen-bond donors (Lipinski definition) is 1. The second kappa shape index (κ2) is 8.86. The molecule has 4 heteroatoms. The molecule has 1 rings (SSSR count). The van der Waals surface area contributed by atoms with Gasteiger partial charge in [0.1, 0.15) is 0 Å². The van der Waals surface area contributed by atoms with Gasteiger partial charge in [0.25, 0.3) is 0 Å². The molecule has 0 aromatic heterocycles. The van der Waals surface area contributed by atoms with Gasteiger partial charge < -0.3 is 15.4 Å². The largest absolute Gasteiger partial charge is 0.385 e. The minimum atomic E-state index is 0.613. The molecule has 1 aliphatic rings. The molecule has 0 amide bonds. The zero-order valence-electron chi connectivity index (χ0n) is 12.4. The molecule has 2 atom stereocenters. The summed E-state index contributed by atoms with van der Waals surface area (Å²) in [6, 6.07) is 0.636. The monoisotopic (exact) mass is 257 g/mol. The van der Waals surface area contributed by atoms with Crippen LogP contribution < -0.4 is 5.73 Å². The summed E-state index contributed by atoms with van der Waals surface area (Å²) in [4.78, 5) is 5.17. The number of hydrogen-bond acceptors (Lipinski definition) is 4. The fourth-order valence-electron chi connectivity index (χ4n) is 2.60. The van der Waals surface area contributed by atoms with E-state index in [-0.39, 0.29) is 0 Å². The third-order valence-corrected chi connectivity index (χ3v) is 3.96. The predicted octanol–water partition coefficient (Wildman–Crippen LogP) is 1.01.